The first kappa shape index (κ1) is 13.8. The van der Waals surface area contributed by atoms with Crippen molar-refractivity contribution in [3.63, 3.8) is 0 Å². The molecular weight excluding hydrogens is 272 g/mol. The standard InChI is InChI=1S/C18H14N4/c1-12-7-5-6-10-14(12)16-15(11-19)17(20)22-18(21-16)13-8-3-2-4-9-13/h2-10H,1H3,(H2,20,21,22). The lowest BCUT2D eigenvalue weighted by atomic mass is 10.0. The molecule has 106 valence electrons. The quantitative estimate of drug-likeness (QED) is 0.781. The van der Waals surface area contributed by atoms with Crippen LogP contribution in [0.5, 0.6) is 0 Å². The number of nitrogens with two attached hydrogens (primary N) is 1. The zero-order valence-electron chi connectivity index (χ0n) is 12.1. The lowest BCUT2D eigenvalue weighted by Gasteiger charge is -2.10. The maximum absolute atomic E-state index is 9.40. The number of hydrogen-bond donors (Lipinski definition) is 1. The second kappa shape index (κ2) is 5.66. The molecule has 1 heterocycles. The highest BCUT2D eigenvalue weighted by molar-refractivity contribution is 5.76. The Labute approximate surface area is 128 Å². The predicted octanol–water partition coefficient (Wildman–Crippen LogP) is 3.57. The smallest absolute Gasteiger partial charge is 0.162 e. The van der Waals surface area contributed by atoms with Crippen molar-refractivity contribution in [2.45, 2.75) is 6.92 Å². The van der Waals surface area contributed by atoms with E-state index in [0.29, 0.717) is 17.1 Å². The number of benzene rings is 2. The van der Waals surface area contributed by atoms with E-state index in [1.165, 1.54) is 0 Å². The van der Waals surface area contributed by atoms with Crippen molar-refractivity contribution in [3.05, 3.63) is 65.7 Å². The third-order valence-corrected chi connectivity index (χ3v) is 3.48. The Hall–Kier alpha value is -3.19. The van der Waals surface area contributed by atoms with Crippen molar-refractivity contribution in [1.82, 2.24) is 9.97 Å². The summed E-state index contributed by atoms with van der Waals surface area (Å²) in [5.74, 6) is 0.727. The molecule has 0 aliphatic rings. The monoisotopic (exact) mass is 286 g/mol. The first-order valence-electron chi connectivity index (χ1n) is 6.89. The Morgan fingerprint density at radius 3 is 2.32 bits per heavy atom. The van der Waals surface area contributed by atoms with Gasteiger partial charge in [-0.1, -0.05) is 54.6 Å². The Balaban J connectivity index is 2.28. The van der Waals surface area contributed by atoms with Crippen LogP contribution in [0.2, 0.25) is 0 Å². The van der Waals surface area contributed by atoms with Crippen LogP contribution >= 0.6 is 0 Å². The molecule has 0 bridgehead atoms. The maximum Gasteiger partial charge on any atom is 0.162 e. The number of aryl methyl sites for hydroxylation is 1. The molecule has 4 heteroatoms. The van der Waals surface area contributed by atoms with E-state index in [9.17, 15) is 5.26 Å². The topological polar surface area (TPSA) is 75.6 Å². The van der Waals surface area contributed by atoms with E-state index in [0.717, 1.165) is 16.7 Å². The molecule has 3 aromatic rings. The van der Waals surface area contributed by atoms with Gasteiger partial charge in [-0.25, -0.2) is 9.97 Å². The first-order chi connectivity index (χ1) is 10.7. The summed E-state index contributed by atoms with van der Waals surface area (Å²) in [5.41, 5.74) is 9.67. The number of nitrogen functional groups attached to an aromatic ring is 1. The normalized spacial score (nSPS) is 10.2. The van der Waals surface area contributed by atoms with Crippen LogP contribution in [-0.2, 0) is 0 Å². The zero-order valence-corrected chi connectivity index (χ0v) is 12.1. The van der Waals surface area contributed by atoms with Crippen LogP contribution in [-0.4, -0.2) is 9.97 Å². The Bertz CT molecular complexity index is 864. The molecule has 0 aliphatic heterocycles. The molecule has 3 rings (SSSR count). The van der Waals surface area contributed by atoms with Gasteiger partial charge in [0.1, 0.15) is 17.5 Å². The van der Waals surface area contributed by atoms with Crippen LogP contribution in [0.4, 0.5) is 5.82 Å². The zero-order chi connectivity index (χ0) is 15.5. The summed E-state index contributed by atoms with van der Waals surface area (Å²) in [6.45, 7) is 1.98. The molecule has 0 fully saturated rings. The number of hydrogen-bond acceptors (Lipinski definition) is 4. The van der Waals surface area contributed by atoms with Gasteiger partial charge in [0.25, 0.3) is 0 Å². The molecule has 0 saturated heterocycles. The molecule has 0 amide bonds. The number of anilines is 1. The fourth-order valence-electron chi connectivity index (χ4n) is 2.34. The Kier molecular flexibility index (Phi) is 3.55. The summed E-state index contributed by atoms with van der Waals surface area (Å²) < 4.78 is 0. The third-order valence-electron chi connectivity index (χ3n) is 3.48. The molecular formula is C18H14N4. The SMILES string of the molecule is Cc1ccccc1-c1nc(-c2ccccc2)nc(N)c1C#N. The Morgan fingerprint density at radius 1 is 0.955 bits per heavy atom. The molecule has 2 aromatic carbocycles. The minimum Gasteiger partial charge on any atom is -0.382 e. The molecule has 4 nitrogen and oxygen atoms in total. The highest BCUT2D eigenvalue weighted by Crippen LogP contribution is 2.29. The van der Waals surface area contributed by atoms with E-state index in [4.69, 9.17) is 5.73 Å². The van der Waals surface area contributed by atoms with Crippen molar-refractivity contribution in [1.29, 1.82) is 5.26 Å². The van der Waals surface area contributed by atoms with Crippen LogP contribution in [0.3, 0.4) is 0 Å². The van der Waals surface area contributed by atoms with Gasteiger partial charge in [-0.05, 0) is 12.5 Å². The van der Waals surface area contributed by atoms with Crippen LogP contribution < -0.4 is 5.73 Å². The average Bonchev–Trinajstić information content (AvgIpc) is 2.55. The van der Waals surface area contributed by atoms with E-state index < -0.39 is 0 Å². The van der Waals surface area contributed by atoms with Gasteiger partial charge in [-0.2, -0.15) is 5.26 Å². The van der Waals surface area contributed by atoms with Gasteiger partial charge in [-0.3, -0.25) is 0 Å². The second-order valence-electron chi connectivity index (χ2n) is 4.95. The molecule has 22 heavy (non-hydrogen) atoms. The summed E-state index contributed by atoms with van der Waals surface area (Å²) in [5, 5.41) is 9.40. The van der Waals surface area contributed by atoms with E-state index in [-0.39, 0.29) is 5.82 Å². The maximum atomic E-state index is 9.40. The van der Waals surface area contributed by atoms with Crippen molar-refractivity contribution < 1.29 is 0 Å². The van der Waals surface area contributed by atoms with Gasteiger partial charge < -0.3 is 5.73 Å². The van der Waals surface area contributed by atoms with Crippen LogP contribution in [0.15, 0.2) is 54.6 Å². The van der Waals surface area contributed by atoms with Gasteiger partial charge in [-0.15, -0.1) is 0 Å². The number of nitriles is 1. The lowest BCUT2D eigenvalue weighted by molar-refractivity contribution is 1.17. The van der Waals surface area contributed by atoms with Gasteiger partial charge >= 0.3 is 0 Å². The van der Waals surface area contributed by atoms with E-state index in [2.05, 4.69) is 16.0 Å². The molecule has 2 N–H and O–H groups in total. The van der Waals surface area contributed by atoms with Crippen LogP contribution in [0.1, 0.15) is 11.1 Å². The number of aromatic nitrogens is 2. The highest BCUT2D eigenvalue weighted by Gasteiger charge is 2.16. The molecule has 0 radical (unpaired) electrons. The van der Waals surface area contributed by atoms with Crippen molar-refractivity contribution >= 4 is 5.82 Å². The largest absolute Gasteiger partial charge is 0.382 e. The van der Waals surface area contributed by atoms with Crippen molar-refractivity contribution in [3.8, 4) is 28.7 Å². The van der Waals surface area contributed by atoms with Crippen molar-refractivity contribution in [2.75, 3.05) is 5.73 Å². The Morgan fingerprint density at radius 2 is 1.64 bits per heavy atom. The second-order valence-corrected chi connectivity index (χ2v) is 4.95. The third kappa shape index (κ3) is 2.40. The fourth-order valence-corrected chi connectivity index (χ4v) is 2.34. The van der Waals surface area contributed by atoms with E-state index in [1.807, 2.05) is 61.5 Å². The van der Waals surface area contributed by atoms with Crippen LogP contribution in [0.25, 0.3) is 22.6 Å². The summed E-state index contributed by atoms with van der Waals surface area (Å²) >= 11 is 0. The molecule has 0 unspecified atom stereocenters. The predicted molar refractivity (Wildman–Crippen MR) is 86.8 cm³/mol. The van der Waals surface area contributed by atoms with Gasteiger partial charge in [0.05, 0.1) is 5.69 Å². The van der Waals surface area contributed by atoms with E-state index >= 15 is 0 Å². The molecule has 1 aromatic heterocycles. The average molecular weight is 286 g/mol. The first-order valence-corrected chi connectivity index (χ1v) is 6.89. The van der Waals surface area contributed by atoms with Crippen LogP contribution in [0, 0.1) is 18.3 Å². The summed E-state index contributed by atoms with van der Waals surface area (Å²) in [7, 11) is 0. The van der Waals surface area contributed by atoms with E-state index in [1.54, 1.807) is 0 Å². The highest BCUT2D eigenvalue weighted by atomic mass is 15.0. The van der Waals surface area contributed by atoms with Gasteiger partial charge in [0, 0.05) is 11.1 Å². The molecule has 0 aliphatic carbocycles. The molecule has 0 atom stereocenters. The number of rotatable bonds is 2. The lowest BCUT2D eigenvalue weighted by Crippen LogP contribution is -2.03. The summed E-state index contributed by atoms with van der Waals surface area (Å²) in [6.07, 6.45) is 0. The molecule has 0 spiro atoms. The molecule has 0 saturated carbocycles. The van der Waals surface area contributed by atoms with Gasteiger partial charge in [0.15, 0.2) is 5.82 Å². The fraction of sp³-hybridized carbons (Fsp3) is 0.0556. The summed E-state index contributed by atoms with van der Waals surface area (Å²) in [4.78, 5) is 8.87. The summed E-state index contributed by atoms with van der Waals surface area (Å²) in [6, 6.07) is 19.5. The minimum atomic E-state index is 0.203. The van der Waals surface area contributed by atoms with Crippen molar-refractivity contribution in [2.24, 2.45) is 0 Å². The number of nitrogens with zero attached hydrogens (tertiary/aromatic N) is 3. The minimum absolute atomic E-state index is 0.203. The van der Waals surface area contributed by atoms with Gasteiger partial charge in [0.2, 0.25) is 0 Å².